The standard InChI is InChI=1S/C13H14N4/c1-3-10-6-7-13(16-12(10)5-1)14-9-11-4-2-8-15-17-11/h2,4,6-8H,1,3,5,9H2,(H,14,16). The molecule has 0 aliphatic heterocycles. The minimum absolute atomic E-state index is 0.666. The molecule has 1 aliphatic carbocycles. The number of fused-ring (bicyclic) bond motifs is 1. The summed E-state index contributed by atoms with van der Waals surface area (Å²) in [4.78, 5) is 4.61. The van der Waals surface area contributed by atoms with Gasteiger partial charge in [-0.25, -0.2) is 4.98 Å². The van der Waals surface area contributed by atoms with Crippen LogP contribution >= 0.6 is 0 Å². The topological polar surface area (TPSA) is 50.7 Å². The van der Waals surface area contributed by atoms with Crippen molar-refractivity contribution in [3.05, 3.63) is 47.4 Å². The maximum Gasteiger partial charge on any atom is 0.126 e. The first-order chi connectivity index (χ1) is 8.42. The molecule has 0 fully saturated rings. The second kappa shape index (κ2) is 4.49. The van der Waals surface area contributed by atoms with Crippen LogP contribution in [-0.2, 0) is 19.4 Å². The number of nitrogens with zero attached hydrogens (tertiary/aromatic N) is 3. The average Bonchev–Trinajstić information content (AvgIpc) is 2.85. The highest BCUT2D eigenvalue weighted by Crippen LogP contribution is 2.21. The minimum atomic E-state index is 0.666. The molecule has 4 nitrogen and oxygen atoms in total. The lowest BCUT2D eigenvalue weighted by Gasteiger charge is -2.06. The molecule has 2 aromatic rings. The zero-order chi connectivity index (χ0) is 11.5. The molecule has 0 amide bonds. The lowest BCUT2D eigenvalue weighted by molar-refractivity contribution is 0.895. The fraction of sp³-hybridized carbons (Fsp3) is 0.308. The molecule has 0 atom stereocenters. The van der Waals surface area contributed by atoms with Crippen molar-refractivity contribution in [1.82, 2.24) is 15.2 Å². The van der Waals surface area contributed by atoms with Gasteiger partial charge in [0, 0.05) is 11.9 Å². The van der Waals surface area contributed by atoms with E-state index in [9.17, 15) is 0 Å². The maximum absolute atomic E-state index is 4.61. The number of hydrogen-bond donors (Lipinski definition) is 1. The van der Waals surface area contributed by atoms with Gasteiger partial charge in [-0.05, 0) is 43.0 Å². The molecule has 17 heavy (non-hydrogen) atoms. The van der Waals surface area contributed by atoms with Crippen LogP contribution < -0.4 is 5.32 Å². The lowest BCUT2D eigenvalue weighted by Crippen LogP contribution is -2.04. The number of pyridine rings is 1. The minimum Gasteiger partial charge on any atom is -0.364 e. The summed E-state index contributed by atoms with van der Waals surface area (Å²) in [5.74, 6) is 0.927. The van der Waals surface area contributed by atoms with Crippen LogP contribution in [0.1, 0.15) is 23.4 Å². The normalized spacial score (nSPS) is 13.4. The van der Waals surface area contributed by atoms with E-state index in [0.29, 0.717) is 6.54 Å². The van der Waals surface area contributed by atoms with E-state index in [1.165, 1.54) is 24.1 Å². The number of hydrogen-bond acceptors (Lipinski definition) is 4. The maximum atomic E-state index is 4.61. The van der Waals surface area contributed by atoms with Crippen molar-refractivity contribution in [3.63, 3.8) is 0 Å². The first-order valence-corrected chi connectivity index (χ1v) is 5.91. The second-order valence-corrected chi connectivity index (χ2v) is 4.22. The van der Waals surface area contributed by atoms with Crippen molar-refractivity contribution >= 4 is 5.82 Å². The van der Waals surface area contributed by atoms with Gasteiger partial charge in [-0.15, -0.1) is 0 Å². The van der Waals surface area contributed by atoms with Crippen molar-refractivity contribution in [1.29, 1.82) is 0 Å². The molecular weight excluding hydrogens is 212 g/mol. The van der Waals surface area contributed by atoms with Crippen molar-refractivity contribution < 1.29 is 0 Å². The summed E-state index contributed by atoms with van der Waals surface area (Å²) < 4.78 is 0. The molecule has 1 aliphatic rings. The first kappa shape index (κ1) is 10.2. The van der Waals surface area contributed by atoms with E-state index < -0.39 is 0 Å². The van der Waals surface area contributed by atoms with Crippen LogP contribution in [0.15, 0.2) is 30.5 Å². The third-order valence-corrected chi connectivity index (χ3v) is 3.01. The number of anilines is 1. The fourth-order valence-electron chi connectivity index (χ4n) is 2.13. The van der Waals surface area contributed by atoms with Crippen LogP contribution in [0.2, 0.25) is 0 Å². The highest BCUT2D eigenvalue weighted by molar-refractivity contribution is 5.40. The molecule has 0 saturated carbocycles. The Morgan fingerprint density at radius 1 is 1.18 bits per heavy atom. The van der Waals surface area contributed by atoms with Gasteiger partial charge >= 0.3 is 0 Å². The highest BCUT2D eigenvalue weighted by Gasteiger charge is 2.12. The lowest BCUT2D eigenvalue weighted by atomic mass is 10.2. The Balaban J connectivity index is 1.70. The molecule has 0 radical (unpaired) electrons. The summed E-state index contributed by atoms with van der Waals surface area (Å²) in [7, 11) is 0. The number of rotatable bonds is 3. The van der Waals surface area contributed by atoms with Crippen LogP contribution in [0.3, 0.4) is 0 Å². The van der Waals surface area contributed by atoms with Gasteiger partial charge in [0.2, 0.25) is 0 Å². The highest BCUT2D eigenvalue weighted by atomic mass is 15.1. The van der Waals surface area contributed by atoms with Crippen LogP contribution in [-0.4, -0.2) is 15.2 Å². The Morgan fingerprint density at radius 2 is 2.18 bits per heavy atom. The van der Waals surface area contributed by atoms with Crippen LogP contribution in [0.4, 0.5) is 5.82 Å². The van der Waals surface area contributed by atoms with Crippen molar-refractivity contribution in [2.75, 3.05) is 5.32 Å². The van der Waals surface area contributed by atoms with E-state index in [4.69, 9.17) is 0 Å². The van der Waals surface area contributed by atoms with Crippen molar-refractivity contribution in [3.8, 4) is 0 Å². The Kier molecular flexibility index (Phi) is 2.69. The molecule has 0 bridgehead atoms. The Bertz CT molecular complexity index is 510. The summed E-state index contributed by atoms with van der Waals surface area (Å²) in [6, 6.07) is 8.06. The summed E-state index contributed by atoms with van der Waals surface area (Å²) in [5.41, 5.74) is 3.57. The fourth-order valence-corrected chi connectivity index (χ4v) is 2.13. The molecule has 2 heterocycles. The Hall–Kier alpha value is -1.97. The molecular formula is C13H14N4. The van der Waals surface area contributed by atoms with E-state index >= 15 is 0 Å². The molecule has 0 spiro atoms. The first-order valence-electron chi connectivity index (χ1n) is 5.91. The van der Waals surface area contributed by atoms with Gasteiger partial charge in [0.05, 0.1) is 12.2 Å². The van der Waals surface area contributed by atoms with Gasteiger partial charge in [0.25, 0.3) is 0 Å². The van der Waals surface area contributed by atoms with Gasteiger partial charge in [0.1, 0.15) is 5.82 Å². The van der Waals surface area contributed by atoms with Crippen molar-refractivity contribution in [2.24, 2.45) is 0 Å². The third kappa shape index (κ3) is 2.25. The van der Waals surface area contributed by atoms with E-state index in [1.54, 1.807) is 6.20 Å². The van der Waals surface area contributed by atoms with Gasteiger partial charge in [0.15, 0.2) is 0 Å². The van der Waals surface area contributed by atoms with Crippen molar-refractivity contribution in [2.45, 2.75) is 25.8 Å². The van der Waals surface area contributed by atoms with Gasteiger partial charge in [-0.1, -0.05) is 6.07 Å². The van der Waals surface area contributed by atoms with E-state index in [-0.39, 0.29) is 0 Å². The summed E-state index contributed by atoms with van der Waals surface area (Å²) >= 11 is 0. The van der Waals surface area contributed by atoms with Crippen LogP contribution in [0.5, 0.6) is 0 Å². The zero-order valence-corrected chi connectivity index (χ0v) is 9.56. The van der Waals surface area contributed by atoms with Crippen LogP contribution in [0, 0.1) is 0 Å². The Morgan fingerprint density at radius 3 is 3.06 bits per heavy atom. The summed E-state index contributed by atoms with van der Waals surface area (Å²) in [6.45, 7) is 0.666. The molecule has 3 rings (SSSR count). The van der Waals surface area contributed by atoms with E-state index in [0.717, 1.165) is 17.9 Å². The van der Waals surface area contributed by atoms with Crippen LogP contribution in [0.25, 0.3) is 0 Å². The molecule has 2 aromatic heterocycles. The zero-order valence-electron chi connectivity index (χ0n) is 9.56. The average molecular weight is 226 g/mol. The van der Waals surface area contributed by atoms with Gasteiger partial charge < -0.3 is 5.32 Å². The summed E-state index contributed by atoms with van der Waals surface area (Å²) in [5, 5.41) is 11.1. The van der Waals surface area contributed by atoms with E-state index in [1.807, 2.05) is 18.2 Å². The predicted octanol–water partition coefficient (Wildman–Crippen LogP) is 1.97. The summed E-state index contributed by atoms with van der Waals surface area (Å²) in [6.07, 6.45) is 5.19. The largest absolute Gasteiger partial charge is 0.364 e. The predicted molar refractivity (Wildman–Crippen MR) is 65.6 cm³/mol. The van der Waals surface area contributed by atoms with Gasteiger partial charge in [-0.2, -0.15) is 10.2 Å². The smallest absolute Gasteiger partial charge is 0.126 e. The van der Waals surface area contributed by atoms with E-state index in [2.05, 4.69) is 26.6 Å². The SMILES string of the molecule is c1cnnc(CNc2ccc3c(n2)CCC3)c1. The molecule has 0 aromatic carbocycles. The number of nitrogens with one attached hydrogen (secondary N) is 1. The van der Waals surface area contributed by atoms with Gasteiger partial charge in [-0.3, -0.25) is 0 Å². The Labute approximate surface area is 100 Å². The monoisotopic (exact) mass is 226 g/mol. The molecule has 0 saturated heterocycles. The second-order valence-electron chi connectivity index (χ2n) is 4.22. The third-order valence-electron chi connectivity index (χ3n) is 3.01. The molecule has 1 N–H and O–H groups in total. The quantitative estimate of drug-likeness (QED) is 0.869. The molecule has 86 valence electrons. The number of aryl methyl sites for hydroxylation is 2. The number of aromatic nitrogens is 3. The molecule has 0 unspecified atom stereocenters. The molecule has 4 heteroatoms.